The molecule has 0 unspecified atom stereocenters. The topological polar surface area (TPSA) is 53.1 Å². The predicted octanol–water partition coefficient (Wildman–Crippen LogP) is 5.21. The van der Waals surface area contributed by atoms with Gasteiger partial charge in [-0.3, -0.25) is 0 Å². The lowest BCUT2D eigenvalue weighted by Gasteiger charge is -2.36. The zero-order chi connectivity index (χ0) is 18.4. The SMILES string of the molecule is Cn1c(-c2ccc(O[Si](C)(C)C(C)(C)C)cc2)cc2cc(N)cnc21. The van der Waals surface area contributed by atoms with E-state index in [1.165, 1.54) is 0 Å². The summed E-state index contributed by atoms with van der Waals surface area (Å²) in [6, 6.07) is 12.4. The lowest BCUT2D eigenvalue weighted by molar-refractivity contribution is 0.492. The van der Waals surface area contributed by atoms with Crippen molar-refractivity contribution in [3.8, 4) is 17.0 Å². The molecule has 0 spiro atoms. The fourth-order valence-electron chi connectivity index (χ4n) is 2.65. The molecule has 0 bridgehead atoms. The molecule has 0 fully saturated rings. The minimum atomic E-state index is -1.82. The van der Waals surface area contributed by atoms with E-state index >= 15 is 0 Å². The zero-order valence-electron chi connectivity index (χ0n) is 15.9. The molecular weight excluding hydrogens is 326 g/mol. The van der Waals surface area contributed by atoms with Crippen molar-refractivity contribution in [1.29, 1.82) is 0 Å². The summed E-state index contributed by atoms with van der Waals surface area (Å²) < 4.78 is 8.46. The third kappa shape index (κ3) is 3.29. The molecule has 0 saturated carbocycles. The number of fused-ring (bicyclic) bond motifs is 1. The lowest BCUT2D eigenvalue weighted by atomic mass is 10.1. The van der Waals surface area contributed by atoms with Gasteiger partial charge in [-0.1, -0.05) is 20.8 Å². The van der Waals surface area contributed by atoms with Crippen LogP contribution in [-0.2, 0) is 7.05 Å². The quantitative estimate of drug-likeness (QED) is 0.658. The van der Waals surface area contributed by atoms with Gasteiger partial charge >= 0.3 is 0 Å². The van der Waals surface area contributed by atoms with Crippen LogP contribution in [0.3, 0.4) is 0 Å². The van der Waals surface area contributed by atoms with Crippen LogP contribution in [0.5, 0.6) is 5.75 Å². The van der Waals surface area contributed by atoms with Gasteiger partial charge in [-0.05, 0) is 60.1 Å². The van der Waals surface area contributed by atoms with Crippen LogP contribution in [0.4, 0.5) is 5.69 Å². The summed E-state index contributed by atoms with van der Waals surface area (Å²) in [6.45, 7) is 11.3. The highest BCUT2D eigenvalue weighted by atomic mass is 28.4. The van der Waals surface area contributed by atoms with Crippen LogP contribution in [0, 0.1) is 0 Å². The Kier molecular flexibility index (Phi) is 4.15. The van der Waals surface area contributed by atoms with E-state index in [-0.39, 0.29) is 5.04 Å². The number of hydrogen-bond acceptors (Lipinski definition) is 3. The molecule has 132 valence electrons. The molecule has 0 radical (unpaired) electrons. The van der Waals surface area contributed by atoms with Crippen LogP contribution >= 0.6 is 0 Å². The van der Waals surface area contributed by atoms with Gasteiger partial charge in [-0.15, -0.1) is 0 Å². The van der Waals surface area contributed by atoms with E-state index in [1.807, 2.05) is 13.1 Å². The molecule has 25 heavy (non-hydrogen) atoms. The molecule has 0 amide bonds. The number of hydrogen-bond donors (Lipinski definition) is 1. The van der Waals surface area contributed by atoms with Crippen molar-refractivity contribution in [2.45, 2.75) is 38.9 Å². The first-order valence-corrected chi connectivity index (χ1v) is 11.5. The van der Waals surface area contributed by atoms with Crippen molar-refractivity contribution in [1.82, 2.24) is 9.55 Å². The maximum Gasteiger partial charge on any atom is 0.250 e. The second-order valence-electron chi connectivity index (χ2n) is 8.16. The zero-order valence-corrected chi connectivity index (χ0v) is 16.9. The summed E-state index contributed by atoms with van der Waals surface area (Å²) in [7, 11) is 0.214. The molecule has 2 heterocycles. The number of anilines is 1. The van der Waals surface area contributed by atoms with Crippen LogP contribution in [0.2, 0.25) is 18.1 Å². The second-order valence-corrected chi connectivity index (χ2v) is 12.9. The van der Waals surface area contributed by atoms with Gasteiger partial charge in [-0.2, -0.15) is 0 Å². The monoisotopic (exact) mass is 353 g/mol. The van der Waals surface area contributed by atoms with Crippen molar-refractivity contribution in [2.24, 2.45) is 7.05 Å². The third-order valence-electron chi connectivity index (χ3n) is 5.22. The summed E-state index contributed by atoms with van der Waals surface area (Å²) in [5.74, 6) is 0.941. The maximum absolute atomic E-state index is 6.37. The summed E-state index contributed by atoms with van der Waals surface area (Å²) >= 11 is 0. The number of benzene rings is 1. The van der Waals surface area contributed by atoms with Crippen LogP contribution in [-0.4, -0.2) is 17.9 Å². The van der Waals surface area contributed by atoms with Gasteiger partial charge in [0.05, 0.1) is 17.6 Å². The molecule has 4 nitrogen and oxygen atoms in total. The molecule has 0 aliphatic carbocycles. The Morgan fingerprint density at radius 1 is 1.08 bits per heavy atom. The molecule has 0 saturated heterocycles. The third-order valence-corrected chi connectivity index (χ3v) is 9.58. The Morgan fingerprint density at radius 2 is 1.72 bits per heavy atom. The van der Waals surface area contributed by atoms with Gasteiger partial charge < -0.3 is 14.7 Å². The van der Waals surface area contributed by atoms with Gasteiger partial charge in [0.25, 0.3) is 0 Å². The molecule has 3 aromatic rings. The number of aromatic nitrogens is 2. The smallest absolute Gasteiger partial charge is 0.250 e. The van der Waals surface area contributed by atoms with E-state index in [4.69, 9.17) is 10.2 Å². The van der Waals surface area contributed by atoms with Crippen LogP contribution in [0.25, 0.3) is 22.3 Å². The Hall–Kier alpha value is -2.27. The van der Waals surface area contributed by atoms with Crippen LogP contribution in [0.1, 0.15) is 20.8 Å². The van der Waals surface area contributed by atoms with Crippen molar-refractivity contribution >= 4 is 25.0 Å². The standard InChI is InChI=1S/C20H27N3OSi/c1-20(2,3)25(5,6)24-17-9-7-14(8-10-17)18-12-15-11-16(21)13-22-19(15)23(18)4/h7-13H,21H2,1-6H3. The van der Waals surface area contributed by atoms with Gasteiger partial charge in [0.15, 0.2) is 0 Å². The summed E-state index contributed by atoms with van der Waals surface area (Å²) in [4.78, 5) is 4.44. The predicted molar refractivity (Wildman–Crippen MR) is 108 cm³/mol. The molecule has 5 heteroatoms. The molecule has 2 N–H and O–H groups in total. The molecule has 3 rings (SSSR count). The lowest BCUT2D eigenvalue weighted by Crippen LogP contribution is -2.43. The Labute approximate surface area is 150 Å². The number of rotatable bonds is 3. The minimum absolute atomic E-state index is 0.188. The highest BCUT2D eigenvalue weighted by Gasteiger charge is 2.38. The first-order valence-electron chi connectivity index (χ1n) is 8.59. The van der Waals surface area contributed by atoms with E-state index in [2.05, 4.69) is 73.7 Å². The van der Waals surface area contributed by atoms with Crippen LogP contribution in [0.15, 0.2) is 42.6 Å². The maximum atomic E-state index is 6.37. The average molecular weight is 354 g/mol. The summed E-state index contributed by atoms with van der Waals surface area (Å²) in [6.07, 6.45) is 1.70. The van der Waals surface area contributed by atoms with Gasteiger partial charge in [0.1, 0.15) is 11.4 Å². The number of nitrogen functional groups attached to an aromatic ring is 1. The highest BCUT2D eigenvalue weighted by Crippen LogP contribution is 2.37. The first kappa shape index (κ1) is 17.5. The van der Waals surface area contributed by atoms with E-state index in [1.54, 1.807) is 6.20 Å². The van der Waals surface area contributed by atoms with E-state index in [0.717, 1.165) is 28.0 Å². The van der Waals surface area contributed by atoms with Gasteiger partial charge in [0, 0.05) is 12.4 Å². The number of aryl methyl sites for hydroxylation is 1. The molecule has 0 aliphatic heterocycles. The molecule has 0 aliphatic rings. The highest BCUT2D eigenvalue weighted by molar-refractivity contribution is 6.74. The largest absolute Gasteiger partial charge is 0.544 e. The van der Waals surface area contributed by atoms with E-state index < -0.39 is 8.32 Å². The van der Waals surface area contributed by atoms with Crippen molar-refractivity contribution in [3.05, 3.63) is 42.6 Å². The van der Waals surface area contributed by atoms with Gasteiger partial charge in [-0.25, -0.2) is 4.98 Å². The minimum Gasteiger partial charge on any atom is -0.544 e. The summed E-state index contributed by atoms with van der Waals surface area (Å²) in [5, 5.41) is 1.24. The Bertz CT molecular complexity index is 905. The summed E-state index contributed by atoms with van der Waals surface area (Å²) in [5.41, 5.74) is 9.73. The second kappa shape index (κ2) is 5.91. The molecule has 0 atom stereocenters. The fraction of sp³-hybridized carbons (Fsp3) is 0.350. The number of nitrogens with zero attached hydrogens (tertiary/aromatic N) is 2. The fourth-order valence-corrected chi connectivity index (χ4v) is 3.69. The molecule has 1 aromatic carbocycles. The first-order chi connectivity index (χ1) is 11.6. The average Bonchev–Trinajstić information content (AvgIpc) is 2.83. The van der Waals surface area contributed by atoms with E-state index in [9.17, 15) is 0 Å². The molecular formula is C20H27N3OSi. The molecule has 2 aromatic heterocycles. The Morgan fingerprint density at radius 3 is 2.32 bits per heavy atom. The van der Waals surface area contributed by atoms with Gasteiger partial charge in [0.2, 0.25) is 8.32 Å². The number of pyridine rings is 1. The van der Waals surface area contributed by atoms with Crippen molar-refractivity contribution < 1.29 is 4.43 Å². The van der Waals surface area contributed by atoms with Crippen LogP contribution < -0.4 is 10.2 Å². The number of nitrogens with two attached hydrogens (primary N) is 1. The normalized spacial score (nSPS) is 12.6. The Balaban J connectivity index is 1.92. The van der Waals surface area contributed by atoms with Crippen molar-refractivity contribution in [2.75, 3.05) is 5.73 Å². The van der Waals surface area contributed by atoms with Crippen molar-refractivity contribution in [3.63, 3.8) is 0 Å². The van der Waals surface area contributed by atoms with E-state index in [0.29, 0.717) is 5.69 Å².